The minimum Gasteiger partial charge on any atom is -0.439 e. The molecule has 2 rings (SSSR count). The molecular formula is C12H7FN2O. The van der Waals surface area contributed by atoms with Crippen LogP contribution in [0.2, 0.25) is 0 Å². The Hall–Kier alpha value is -2.41. The second-order valence-electron chi connectivity index (χ2n) is 3.06. The Bertz CT molecular complexity index is 531. The Morgan fingerprint density at radius 3 is 2.75 bits per heavy atom. The Morgan fingerprint density at radius 2 is 2.12 bits per heavy atom. The topological polar surface area (TPSA) is 45.9 Å². The number of halogens is 1. The summed E-state index contributed by atoms with van der Waals surface area (Å²) in [6, 6.07) is 10.9. The maximum absolute atomic E-state index is 12.8. The summed E-state index contributed by atoms with van der Waals surface area (Å²) in [5, 5.41) is 8.57. The third-order valence-electron chi connectivity index (χ3n) is 1.88. The number of benzene rings is 1. The first-order chi connectivity index (χ1) is 7.78. The fraction of sp³-hybridized carbons (Fsp3) is 0. The average Bonchev–Trinajstić information content (AvgIpc) is 2.30. The highest BCUT2D eigenvalue weighted by molar-refractivity contribution is 5.31. The van der Waals surface area contributed by atoms with Crippen molar-refractivity contribution >= 4 is 0 Å². The molecule has 0 N–H and O–H groups in total. The van der Waals surface area contributed by atoms with E-state index in [1.807, 2.05) is 6.07 Å². The molecule has 4 heteroatoms. The zero-order valence-electron chi connectivity index (χ0n) is 8.22. The van der Waals surface area contributed by atoms with Gasteiger partial charge in [0.05, 0.1) is 5.56 Å². The number of pyridine rings is 1. The summed E-state index contributed by atoms with van der Waals surface area (Å²) >= 11 is 0. The summed E-state index contributed by atoms with van der Waals surface area (Å²) < 4.78 is 18.1. The van der Waals surface area contributed by atoms with Crippen LogP contribution in [0, 0.1) is 17.1 Å². The van der Waals surface area contributed by atoms with E-state index in [1.165, 1.54) is 18.3 Å². The molecule has 0 amide bonds. The SMILES string of the molecule is N#Cc1ccc(Oc2cccc(F)c2)nc1. The molecule has 0 aliphatic heterocycles. The van der Waals surface area contributed by atoms with Gasteiger partial charge >= 0.3 is 0 Å². The molecule has 0 aliphatic rings. The van der Waals surface area contributed by atoms with Gasteiger partial charge in [-0.05, 0) is 18.2 Å². The second kappa shape index (κ2) is 4.41. The minimum absolute atomic E-state index is 0.324. The number of hydrogen-bond donors (Lipinski definition) is 0. The third-order valence-corrected chi connectivity index (χ3v) is 1.88. The number of aromatic nitrogens is 1. The Balaban J connectivity index is 2.18. The lowest BCUT2D eigenvalue weighted by Crippen LogP contribution is -1.88. The lowest BCUT2D eigenvalue weighted by molar-refractivity contribution is 0.458. The van der Waals surface area contributed by atoms with Crippen molar-refractivity contribution in [3.05, 3.63) is 54.0 Å². The van der Waals surface area contributed by atoms with Crippen molar-refractivity contribution in [3.8, 4) is 17.7 Å². The van der Waals surface area contributed by atoms with Crippen molar-refractivity contribution < 1.29 is 9.13 Å². The van der Waals surface area contributed by atoms with Gasteiger partial charge in [-0.15, -0.1) is 0 Å². The summed E-state index contributed by atoms with van der Waals surface area (Å²) in [5.74, 6) is 0.327. The predicted octanol–water partition coefficient (Wildman–Crippen LogP) is 2.88. The molecule has 0 aliphatic carbocycles. The van der Waals surface area contributed by atoms with E-state index in [0.717, 1.165) is 0 Å². The molecule has 0 bridgehead atoms. The number of nitriles is 1. The van der Waals surface area contributed by atoms with Crippen molar-refractivity contribution in [2.75, 3.05) is 0 Å². The van der Waals surface area contributed by atoms with E-state index in [4.69, 9.17) is 10.00 Å². The van der Waals surface area contributed by atoms with Gasteiger partial charge < -0.3 is 4.74 Å². The van der Waals surface area contributed by atoms with Crippen LogP contribution < -0.4 is 4.74 Å². The largest absolute Gasteiger partial charge is 0.439 e. The minimum atomic E-state index is -0.369. The molecule has 0 radical (unpaired) electrons. The smallest absolute Gasteiger partial charge is 0.219 e. The molecule has 0 saturated carbocycles. The molecule has 0 fully saturated rings. The van der Waals surface area contributed by atoms with Crippen LogP contribution in [-0.2, 0) is 0 Å². The summed E-state index contributed by atoms with van der Waals surface area (Å²) in [6.45, 7) is 0. The molecule has 1 aromatic carbocycles. The first-order valence-corrected chi connectivity index (χ1v) is 4.57. The van der Waals surface area contributed by atoms with E-state index in [0.29, 0.717) is 17.2 Å². The molecule has 78 valence electrons. The van der Waals surface area contributed by atoms with E-state index < -0.39 is 0 Å². The van der Waals surface area contributed by atoms with Gasteiger partial charge in [0, 0.05) is 18.3 Å². The van der Waals surface area contributed by atoms with Crippen molar-refractivity contribution in [3.63, 3.8) is 0 Å². The average molecular weight is 214 g/mol. The zero-order chi connectivity index (χ0) is 11.4. The van der Waals surface area contributed by atoms with Gasteiger partial charge in [-0.1, -0.05) is 6.07 Å². The summed E-state index contributed by atoms with van der Waals surface area (Å²) in [4.78, 5) is 3.91. The van der Waals surface area contributed by atoms with Crippen molar-refractivity contribution in [1.82, 2.24) is 4.98 Å². The standard InChI is InChI=1S/C12H7FN2O/c13-10-2-1-3-11(6-10)16-12-5-4-9(7-14)8-15-12/h1-6,8H. The van der Waals surface area contributed by atoms with Crippen molar-refractivity contribution in [1.29, 1.82) is 5.26 Å². The predicted molar refractivity (Wildman–Crippen MR) is 55.4 cm³/mol. The molecule has 1 heterocycles. The van der Waals surface area contributed by atoms with Gasteiger partial charge in [0.1, 0.15) is 17.6 Å². The fourth-order valence-corrected chi connectivity index (χ4v) is 1.16. The van der Waals surface area contributed by atoms with Gasteiger partial charge in [-0.3, -0.25) is 0 Å². The first-order valence-electron chi connectivity index (χ1n) is 4.57. The van der Waals surface area contributed by atoms with Crippen LogP contribution in [0.25, 0.3) is 0 Å². The number of nitrogens with zero attached hydrogens (tertiary/aromatic N) is 2. The van der Waals surface area contributed by atoms with Gasteiger partial charge in [0.25, 0.3) is 0 Å². The van der Waals surface area contributed by atoms with Crippen LogP contribution in [0.1, 0.15) is 5.56 Å². The number of hydrogen-bond acceptors (Lipinski definition) is 3. The Morgan fingerprint density at radius 1 is 1.25 bits per heavy atom. The highest BCUT2D eigenvalue weighted by atomic mass is 19.1. The van der Waals surface area contributed by atoms with Crippen LogP contribution in [0.15, 0.2) is 42.6 Å². The fourth-order valence-electron chi connectivity index (χ4n) is 1.16. The van der Waals surface area contributed by atoms with Crippen LogP contribution >= 0.6 is 0 Å². The van der Waals surface area contributed by atoms with E-state index in [9.17, 15) is 4.39 Å². The summed E-state index contributed by atoms with van der Waals surface area (Å²) in [6.07, 6.45) is 1.40. The van der Waals surface area contributed by atoms with Crippen molar-refractivity contribution in [2.45, 2.75) is 0 Å². The van der Waals surface area contributed by atoms with Crippen LogP contribution in [0.4, 0.5) is 4.39 Å². The molecule has 2 aromatic rings. The molecule has 0 spiro atoms. The normalized spacial score (nSPS) is 9.50. The van der Waals surface area contributed by atoms with E-state index >= 15 is 0 Å². The number of rotatable bonds is 2. The Kier molecular flexibility index (Phi) is 2.79. The molecular weight excluding hydrogens is 207 g/mol. The highest BCUT2D eigenvalue weighted by Crippen LogP contribution is 2.19. The third kappa shape index (κ3) is 2.34. The summed E-state index contributed by atoms with van der Waals surface area (Å²) in [7, 11) is 0. The van der Waals surface area contributed by atoms with Gasteiger partial charge in [-0.2, -0.15) is 5.26 Å². The van der Waals surface area contributed by atoms with E-state index in [1.54, 1.807) is 24.3 Å². The Labute approximate surface area is 91.7 Å². The second-order valence-corrected chi connectivity index (χ2v) is 3.06. The highest BCUT2D eigenvalue weighted by Gasteiger charge is 1.99. The summed E-state index contributed by atoms with van der Waals surface area (Å²) in [5.41, 5.74) is 0.451. The van der Waals surface area contributed by atoms with Crippen molar-refractivity contribution in [2.24, 2.45) is 0 Å². The molecule has 0 atom stereocenters. The first kappa shape index (κ1) is 10.1. The van der Waals surface area contributed by atoms with Gasteiger partial charge in [-0.25, -0.2) is 9.37 Å². The maximum atomic E-state index is 12.8. The monoisotopic (exact) mass is 214 g/mol. The maximum Gasteiger partial charge on any atom is 0.219 e. The van der Waals surface area contributed by atoms with Crippen LogP contribution in [0.5, 0.6) is 11.6 Å². The lowest BCUT2D eigenvalue weighted by Gasteiger charge is -2.03. The van der Waals surface area contributed by atoms with Gasteiger partial charge in [0.15, 0.2) is 0 Å². The lowest BCUT2D eigenvalue weighted by atomic mass is 10.3. The quantitative estimate of drug-likeness (QED) is 0.772. The molecule has 0 saturated heterocycles. The van der Waals surface area contributed by atoms with Gasteiger partial charge in [0.2, 0.25) is 5.88 Å². The molecule has 1 aromatic heterocycles. The van der Waals surface area contributed by atoms with E-state index in [-0.39, 0.29) is 5.82 Å². The zero-order valence-corrected chi connectivity index (χ0v) is 8.22. The molecule has 0 unspecified atom stereocenters. The molecule has 16 heavy (non-hydrogen) atoms. The van der Waals surface area contributed by atoms with Crippen LogP contribution in [-0.4, -0.2) is 4.98 Å². The number of ether oxygens (including phenoxy) is 1. The van der Waals surface area contributed by atoms with Crippen LogP contribution in [0.3, 0.4) is 0 Å². The molecule has 3 nitrogen and oxygen atoms in total. The van der Waals surface area contributed by atoms with E-state index in [2.05, 4.69) is 4.98 Å².